The SMILES string of the molecule is CN=C(NCc1ccc(S(N)(=O)=O)cc1)NCC1(C)CCCO1. The number of nitrogens with one attached hydrogen (secondary N) is 2. The number of nitrogens with zero attached hydrogens (tertiary/aromatic N) is 1. The lowest BCUT2D eigenvalue weighted by Crippen LogP contribution is -2.45. The summed E-state index contributed by atoms with van der Waals surface area (Å²) >= 11 is 0. The normalized spacial score (nSPS) is 22.1. The van der Waals surface area contributed by atoms with E-state index in [1.807, 2.05) is 0 Å². The maximum Gasteiger partial charge on any atom is 0.238 e. The molecule has 1 fully saturated rings. The van der Waals surface area contributed by atoms with Crippen molar-refractivity contribution in [2.45, 2.75) is 36.8 Å². The second-order valence-corrected chi connectivity index (χ2v) is 7.43. The second kappa shape index (κ2) is 7.29. The first-order valence-electron chi connectivity index (χ1n) is 7.53. The van der Waals surface area contributed by atoms with Crippen molar-refractivity contribution in [1.82, 2.24) is 10.6 Å². The van der Waals surface area contributed by atoms with Crippen LogP contribution in [0.5, 0.6) is 0 Å². The smallest absolute Gasteiger partial charge is 0.238 e. The van der Waals surface area contributed by atoms with E-state index < -0.39 is 10.0 Å². The minimum atomic E-state index is -3.65. The van der Waals surface area contributed by atoms with Crippen molar-refractivity contribution >= 4 is 16.0 Å². The molecule has 1 heterocycles. The predicted molar refractivity (Wildman–Crippen MR) is 89.6 cm³/mol. The monoisotopic (exact) mass is 340 g/mol. The molecule has 8 heteroatoms. The van der Waals surface area contributed by atoms with Crippen LogP contribution in [-0.2, 0) is 21.3 Å². The van der Waals surface area contributed by atoms with E-state index in [1.54, 1.807) is 19.2 Å². The molecular formula is C15H24N4O3S. The van der Waals surface area contributed by atoms with Crippen molar-refractivity contribution in [3.8, 4) is 0 Å². The molecule has 0 aliphatic carbocycles. The summed E-state index contributed by atoms with van der Waals surface area (Å²) in [5, 5.41) is 11.5. The van der Waals surface area contributed by atoms with Crippen molar-refractivity contribution in [3.05, 3.63) is 29.8 Å². The zero-order valence-corrected chi connectivity index (χ0v) is 14.3. The molecule has 4 N–H and O–H groups in total. The van der Waals surface area contributed by atoms with Gasteiger partial charge in [-0.1, -0.05) is 12.1 Å². The lowest BCUT2D eigenvalue weighted by molar-refractivity contribution is 0.0243. The van der Waals surface area contributed by atoms with E-state index in [9.17, 15) is 8.42 Å². The van der Waals surface area contributed by atoms with Crippen LogP contribution in [0.1, 0.15) is 25.3 Å². The molecule has 1 aliphatic rings. The summed E-state index contributed by atoms with van der Waals surface area (Å²) in [5.74, 6) is 0.678. The number of aliphatic imine (C=N–C) groups is 1. The molecule has 0 amide bonds. The van der Waals surface area contributed by atoms with Gasteiger partial charge in [-0.3, -0.25) is 4.99 Å². The molecule has 128 valence electrons. The van der Waals surface area contributed by atoms with E-state index in [1.165, 1.54) is 12.1 Å². The van der Waals surface area contributed by atoms with Crippen molar-refractivity contribution in [1.29, 1.82) is 0 Å². The van der Waals surface area contributed by atoms with Crippen molar-refractivity contribution in [2.24, 2.45) is 10.1 Å². The molecule has 23 heavy (non-hydrogen) atoms. The number of rotatable bonds is 5. The van der Waals surface area contributed by atoms with Crippen LogP contribution in [0.2, 0.25) is 0 Å². The lowest BCUT2D eigenvalue weighted by Gasteiger charge is -2.24. The Kier molecular flexibility index (Phi) is 5.61. The average Bonchev–Trinajstić information content (AvgIpc) is 2.94. The third-order valence-corrected chi connectivity index (χ3v) is 4.79. The van der Waals surface area contributed by atoms with Crippen molar-refractivity contribution < 1.29 is 13.2 Å². The van der Waals surface area contributed by atoms with Crippen LogP contribution >= 0.6 is 0 Å². The predicted octanol–water partition coefficient (Wildman–Crippen LogP) is 0.568. The van der Waals surface area contributed by atoms with Gasteiger partial charge in [0, 0.05) is 26.7 Å². The van der Waals surface area contributed by atoms with E-state index in [-0.39, 0.29) is 10.5 Å². The number of benzene rings is 1. The van der Waals surface area contributed by atoms with Gasteiger partial charge in [0.15, 0.2) is 5.96 Å². The molecule has 1 saturated heterocycles. The minimum absolute atomic E-state index is 0.107. The standard InChI is InChI=1S/C15H24N4O3S/c1-15(8-3-9-22-15)11-19-14(17-2)18-10-12-4-6-13(7-5-12)23(16,20)21/h4-7H,3,8-11H2,1-2H3,(H2,16,20,21)(H2,17,18,19). The maximum atomic E-state index is 11.2. The molecule has 0 spiro atoms. The largest absolute Gasteiger partial charge is 0.373 e. The summed E-state index contributed by atoms with van der Waals surface area (Å²) < 4.78 is 28.2. The molecule has 1 atom stereocenters. The molecular weight excluding hydrogens is 316 g/mol. The van der Waals surface area contributed by atoms with Crippen LogP contribution in [0.3, 0.4) is 0 Å². The quantitative estimate of drug-likeness (QED) is 0.537. The number of nitrogens with two attached hydrogens (primary N) is 1. The fraction of sp³-hybridized carbons (Fsp3) is 0.533. The average molecular weight is 340 g/mol. The molecule has 1 unspecified atom stereocenters. The summed E-state index contributed by atoms with van der Waals surface area (Å²) in [7, 11) is -1.95. The van der Waals surface area contributed by atoms with Crippen LogP contribution in [0.4, 0.5) is 0 Å². The number of sulfonamides is 1. The summed E-state index contributed by atoms with van der Waals surface area (Å²) in [6.07, 6.45) is 2.12. The molecule has 1 aromatic rings. The Balaban J connectivity index is 1.85. The molecule has 7 nitrogen and oxygen atoms in total. The van der Waals surface area contributed by atoms with Gasteiger partial charge in [0.05, 0.1) is 10.5 Å². The van der Waals surface area contributed by atoms with E-state index in [4.69, 9.17) is 9.88 Å². The first-order valence-corrected chi connectivity index (χ1v) is 9.07. The number of hydrogen-bond acceptors (Lipinski definition) is 4. The Morgan fingerprint density at radius 2 is 2.04 bits per heavy atom. The first kappa shape index (κ1) is 17.7. The van der Waals surface area contributed by atoms with Gasteiger partial charge in [0.25, 0.3) is 0 Å². The van der Waals surface area contributed by atoms with Gasteiger partial charge in [-0.2, -0.15) is 0 Å². The van der Waals surface area contributed by atoms with Gasteiger partial charge in [-0.15, -0.1) is 0 Å². The number of hydrogen-bond donors (Lipinski definition) is 3. The number of guanidine groups is 1. The van der Waals surface area contributed by atoms with E-state index in [2.05, 4.69) is 22.5 Å². The Bertz CT molecular complexity index is 650. The third kappa shape index (κ3) is 5.19. The zero-order valence-electron chi connectivity index (χ0n) is 13.5. The lowest BCUT2D eigenvalue weighted by atomic mass is 10.0. The second-order valence-electron chi connectivity index (χ2n) is 5.87. The zero-order chi connectivity index (χ0) is 16.9. The Hall–Kier alpha value is -1.64. The molecule has 2 rings (SSSR count). The summed E-state index contributed by atoms with van der Waals surface area (Å²) in [5.41, 5.74) is 0.790. The Labute approximate surface area is 137 Å². The van der Waals surface area contributed by atoms with Gasteiger partial charge in [0.1, 0.15) is 0 Å². The van der Waals surface area contributed by atoms with Crippen LogP contribution in [0, 0.1) is 0 Å². The van der Waals surface area contributed by atoms with Gasteiger partial charge in [-0.05, 0) is 37.5 Å². The highest BCUT2D eigenvalue weighted by atomic mass is 32.2. The molecule has 1 aromatic carbocycles. The maximum absolute atomic E-state index is 11.2. The highest BCUT2D eigenvalue weighted by Gasteiger charge is 2.29. The third-order valence-electron chi connectivity index (χ3n) is 3.87. The number of primary sulfonamides is 1. The van der Waals surface area contributed by atoms with Crippen LogP contribution in [0.25, 0.3) is 0 Å². The van der Waals surface area contributed by atoms with E-state index >= 15 is 0 Å². The highest BCUT2D eigenvalue weighted by molar-refractivity contribution is 7.89. The van der Waals surface area contributed by atoms with Gasteiger partial charge in [0.2, 0.25) is 10.0 Å². The minimum Gasteiger partial charge on any atom is -0.373 e. The number of ether oxygens (including phenoxy) is 1. The summed E-state index contributed by atoms with van der Waals surface area (Å²) in [6.45, 7) is 4.12. The first-order chi connectivity index (χ1) is 10.8. The van der Waals surface area contributed by atoms with Crippen LogP contribution in [0.15, 0.2) is 34.2 Å². The fourth-order valence-corrected chi connectivity index (χ4v) is 2.97. The molecule has 0 radical (unpaired) electrons. The fourth-order valence-electron chi connectivity index (χ4n) is 2.45. The van der Waals surface area contributed by atoms with E-state index in [0.717, 1.165) is 25.0 Å². The van der Waals surface area contributed by atoms with Gasteiger partial charge >= 0.3 is 0 Å². The summed E-state index contributed by atoms with van der Waals surface area (Å²) in [4.78, 5) is 4.28. The van der Waals surface area contributed by atoms with Crippen molar-refractivity contribution in [3.63, 3.8) is 0 Å². The molecule has 0 aromatic heterocycles. The van der Waals surface area contributed by atoms with Gasteiger partial charge < -0.3 is 15.4 Å². The Morgan fingerprint density at radius 1 is 1.35 bits per heavy atom. The molecule has 1 aliphatic heterocycles. The Morgan fingerprint density at radius 3 is 2.57 bits per heavy atom. The highest BCUT2D eigenvalue weighted by Crippen LogP contribution is 2.23. The van der Waals surface area contributed by atoms with Crippen LogP contribution in [-0.4, -0.2) is 40.2 Å². The molecule has 0 saturated carbocycles. The topological polar surface area (TPSA) is 106 Å². The van der Waals surface area contributed by atoms with E-state index in [0.29, 0.717) is 19.0 Å². The van der Waals surface area contributed by atoms with Crippen LogP contribution < -0.4 is 15.8 Å². The van der Waals surface area contributed by atoms with Crippen molar-refractivity contribution in [2.75, 3.05) is 20.2 Å². The molecule has 0 bridgehead atoms. The summed E-state index contributed by atoms with van der Waals surface area (Å²) in [6, 6.07) is 6.44. The van der Waals surface area contributed by atoms with Gasteiger partial charge in [-0.25, -0.2) is 13.6 Å².